The SMILES string of the molecule is C=C(/C=C\C=C/C)C1=NC(c2cccc(C3=NC(c4ccccc4)NC4=C3CCc3nc(-c5ccccc5)ncc34)c2)C2=C(N1)c1cnc(-c3ccccc3)nc1CC2. The smallest absolute Gasteiger partial charge is 0.159 e. The lowest BCUT2D eigenvalue weighted by molar-refractivity contribution is 0.648. The Hall–Kier alpha value is -7.32. The van der Waals surface area contributed by atoms with Crippen LogP contribution in [0.15, 0.2) is 185 Å². The van der Waals surface area contributed by atoms with E-state index in [1.807, 2.05) is 86.1 Å². The van der Waals surface area contributed by atoms with Crippen LogP contribution in [0.4, 0.5) is 0 Å². The number of aliphatic imine (C=N–C) groups is 2. The molecule has 4 heterocycles. The average molecular weight is 767 g/mol. The Morgan fingerprint density at radius 2 is 1.25 bits per heavy atom. The van der Waals surface area contributed by atoms with Crippen LogP contribution in [-0.4, -0.2) is 31.5 Å². The Kier molecular flexibility index (Phi) is 9.50. The molecule has 2 unspecified atom stereocenters. The minimum absolute atomic E-state index is 0.243. The predicted octanol–water partition coefficient (Wildman–Crippen LogP) is 10.1. The maximum atomic E-state index is 5.46. The number of nitrogens with zero attached hydrogens (tertiary/aromatic N) is 6. The highest BCUT2D eigenvalue weighted by atomic mass is 15.1. The lowest BCUT2D eigenvalue weighted by Gasteiger charge is -2.34. The van der Waals surface area contributed by atoms with Crippen LogP contribution in [0.5, 0.6) is 0 Å². The first-order valence-corrected chi connectivity index (χ1v) is 20.2. The first-order valence-electron chi connectivity index (χ1n) is 20.2. The monoisotopic (exact) mass is 766 g/mol. The zero-order chi connectivity index (χ0) is 39.7. The molecule has 286 valence electrons. The molecule has 2 aliphatic carbocycles. The fourth-order valence-corrected chi connectivity index (χ4v) is 8.42. The highest BCUT2D eigenvalue weighted by Gasteiger charge is 2.34. The lowest BCUT2D eigenvalue weighted by Crippen LogP contribution is -2.33. The first-order chi connectivity index (χ1) is 29.1. The zero-order valence-corrected chi connectivity index (χ0v) is 32.8. The van der Waals surface area contributed by atoms with E-state index in [0.717, 1.165) is 116 Å². The topological polar surface area (TPSA) is 100 Å². The van der Waals surface area contributed by atoms with Crippen molar-refractivity contribution in [1.82, 2.24) is 30.6 Å². The van der Waals surface area contributed by atoms with Crippen molar-refractivity contribution in [2.75, 3.05) is 0 Å². The summed E-state index contributed by atoms with van der Waals surface area (Å²) in [5.41, 5.74) is 15.6. The van der Waals surface area contributed by atoms with E-state index in [1.54, 1.807) is 0 Å². The molecular formula is C51H42N8. The molecule has 0 saturated carbocycles. The van der Waals surface area contributed by atoms with Gasteiger partial charge >= 0.3 is 0 Å². The first kappa shape index (κ1) is 36.0. The molecule has 8 nitrogen and oxygen atoms in total. The quantitative estimate of drug-likeness (QED) is 0.150. The van der Waals surface area contributed by atoms with E-state index >= 15 is 0 Å². The number of fused-ring (bicyclic) bond motifs is 4. The Morgan fingerprint density at radius 3 is 1.93 bits per heavy atom. The van der Waals surface area contributed by atoms with Crippen LogP contribution in [0.1, 0.15) is 71.2 Å². The normalized spacial score (nSPS) is 18.3. The molecular weight excluding hydrogens is 725 g/mol. The fourth-order valence-electron chi connectivity index (χ4n) is 8.42. The summed E-state index contributed by atoms with van der Waals surface area (Å²) in [4.78, 5) is 30.8. The van der Waals surface area contributed by atoms with Crippen LogP contribution in [0.2, 0.25) is 0 Å². The number of aryl methyl sites for hydroxylation is 2. The molecule has 0 radical (unpaired) electrons. The highest BCUT2D eigenvalue weighted by molar-refractivity contribution is 6.18. The van der Waals surface area contributed by atoms with Crippen LogP contribution in [-0.2, 0) is 12.8 Å². The van der Waals surface area contributed by atoms with Crippen molar-refractivity contribution in [2.24, 2.45) is 9.98 Å². The number of hydrogen-bond donors (Lipinski definition) is 2. The van der Waals surface area contributed by atoms with Crippen LogP contribution in [0, 0.1) is 0 Å². The van der Waals surface area contributed by atoms with Gasteiger partial charge in [-0.3, -0.25) is 9.98 Å². The summed E-state index contributed by atoms with van der Waals surface area (Å²) in [6.45, 7) is 6.43. The van der Waals surface area contributed by atoms with Crippen molar-refractivity contribution in [3.8, 4) is 22.8 Å². The molecule has 6 aromatic rings. The molecule has 10 rings (SSSR count). The van der Waals surface area contributed by atoms with Gasteiger partial charge in [-0.1, -0.05) is 140 Å². The van der Waals surface area contributed by atoms with E-state index in [0.29, 0.717) is 0 Å². The van der Waals surface area contributed by atoms with Crippen molar-refractivity contribution in [3.05, 3.63) is 214 Å². The summed E-state index contributed by atoms with van der Waals surface area (Å²) in [5, 5.41) is 7.49. The third kappa shape index (κ3) is 6.93. The van der Waals surface area contributed by atoms with E-state index in [9.17, 15) is 0 Å². The molecule has 4 aromatic carbocycles. The van der Waals surface area contributed by atoms with Crippen LogP contribution in [0.3, 0.4) is 0 Å². The van der Waals surface area contributed by atoms with Crippen molar-refractivity contribution in [2.45, 2.75) is 44.8 Å². The molecule has 0 saturated heterocycles. The van der Waals surface area contributed by atoms with Gasteiger partial charge < -0.3 is 10.6 Å². The van der Waals surface area contributed by atoms with Gasteiger partial charge in [0.15, 0.2) is 11.6 Å². The Morgan fingerprint density at radius 1 is 0.644 bits per heavy atom. The van der Waals surface area contributed by atoms with Gasteiger partial charge in [0, 0.05) is 51.4 Å². The molecule has 2 aliphatic heterocycles. The van der Waals surface area contributed by atoms with Gasteiger partial charge in [0.2, 0.25) is 0 Å². The molecule has 0 bridgehead atoms. The number of allylic oxidation sites excluding steroid dienone is 4. The molecule has 2 atom stereocenters. The van der Waals surface area contributed by atoms with E-state index in [-0.39, 0.29) is 12.2 Å². The van der Waals surface area contributed by atoms with Crippen LogP contribution in [0.25, 0.3) is 34.2 Å². The third-order valence-electron chi connectivity index (χ3n) is 11.4. The second-order valence-electron chi connectivity index (χ2n) is 15.1. The second-order valence-corrected chi connectivity index (χ2v) is 15.1. The van der Waals surface area contributed by atoms with E-state index in [2.05, 4.69) is 90.0 Å². The Bertz CT molecular complexity index is 2800. The molecule has 0 amide bonds. The van der Waals surface area contributed by atoms with Crippen molar-refractivity contribution >= 4 is 22.9 Å². The molecule has 0 fully saturated rings. The zero-order valence-electron chi connectivity index (χ0n) is 32.8. The second kappa shape index (κ2) is 15.6. The number of rotatable bonds is 8. The largest absolute Gasteiger partial charge is 0.359 e. The number of benzene rings is 4. The Balaban J connectivity index is 1.07. The lowest BCUT2D eigenvalue weighted by atomic mass is 9.83. The third-order valence-corrected chi connectivity index (χ3v) is 11.4. The van der Waals surface area contributed by atoms with Gasteiger partial charge in [0.25, 0.3) is 0 Å². The summed E-state index contributed by atoms with van der Waals surface area (Å²) in [6, 6.07) is 39.3. The fraction of sp³-hybridized carbons (Fsp3) is 0.137. The van der Waals surface area contributed by atoms with Crippen molar-refractivity contribution in [1.29, 1.82) is 0 Å². The van der Waals surface area contributed by atoms with Gasteiger partial charge in [0.1, 0.15) is 18.0 Å². The molecule has 4 aliphatic rings. The number of hydrogen-bond acceptors (Lipinski definition) is 8. The summed E-state index contributed by atoms with van der Waals surface area (Å²) in [6.07, 6.45) is 14.9. The number of amidine groups is 1. The highest BCUT2D eigenvalue weighted by Crippen LogP contribution is 2.43. The van der Waals surface area contributed by atoms with Gasteiger partial charge in [-0.25, -0.2) is 19.9 Å². The van der Waals surface area contributed by atoms with Gasteiger partial charge in [0.05, 0.1) is 28.5 Å². The van der Waals surface area contributed by atoms with E-state index in [4.69, 9.17) is 29.9 Å². The van der Waals surface area contributed by atoms with Crippen molar-refractivity contribution < 1.29 is 0 Å². The molecule has 2 aromatic heterocycles. The van der Waals surface area contributed by atoms with Gasteiger partial charge in [-0.15, -0.1) is 0 Å². The number of nitrogens with one attached hydrogen (secondary N) is 2. The predicted molar refractivity (Wildman–Crippen MR) is 237 cm³/mol. The van der Waals surface area contributed by atoms with Crippen LogP contribution >= 0.6 is 0 Å². The average Bonchev–Trinajstić information content (AvgIpc) is 3.31. The van der Waals surface area contributed by atoms with Crippen LogP contribution < -0.4 is 10.6 Å². The summed E-state index contributed by atoms with van der Waals surface area (Å²) in [5.74, 6) is 2.21. The Labute approximate surface area is 344 Å². The molecule has 2 N–H and O–H groups in total. The maximum absolute atomic E-state index is 5.46. The summed E-state index contributed by atoms with van der Waals surface area (Å²) < 4.78 is 0. The minimum Gasteiger partial charge on any atom is -0.359 e. The summed E-state index contributed by atoms with van der Waals surface area (Å²) >= 11 is 0. The number of aromatic nitrogens is 4. The van der Waals surface area contributed by atoms with Gasteiger partial charge in [-0.2, -0.15) is 0 Å². The van der Waals surface area contributed by atoms with Gasteiger partial charge in [-0.05, 0) is 55.4 Å². The standard InChI is InChI=1S/C51H42N8/c1-3-4-8-16-32(2)48-56-44(38-25-27-42-40(46(38)58-48)30-52-49(54-42)33-17-9-5-10-18-33)36-23-15-24-37(29-36)45-39-26-28-43-41(31-53-50(55-43)34-19-11-6-12-20-34)47(39)59-51(57-45)35-21-13-7-14-22-35/h3-24,29-31,44,51,59H,2,25-28H2,1H3,(H,56,58)/b4-3-,16-8-. The summed E-state index contributed by atoms with van der Waals surface area (Å²) in [7, 11) is 0. The maximum Gasteiger partial charge on any atom is 0.159 e. The molecule has 8 heteroatoms. The molecule has 0 spiro atoms. The minimum atomic E-state index is -0.283. The molecule has 59 heavy (non-hydrogen) atoms. The van der Waals surface area contributed by atoms with Crippen molar-refractivity contribution in [3.63, 3.8) is 0 Å². The van der Waals surface area contributed by atoms with E-state index in [1.165, 1.54) is 11.1 Å². The van der Waals surface area contributed by atoms with E-state index < -0.39 is 0 Å².